The quantitative estimate of drug-likeness (QED) is 0.413. The third-order valence-electron chi connectivity index (χ3n) is 2.50. The van der Waals surface area contributed by atoms with Gasteiger partial charge in [0.05, 0.1) is 12.8 Å². The zero-order chi connectivity index (χ0) is 14.2. The number of nitrogens with one attached hydrogen (secondary N) is 2. The second-order valence-corrected chi connectivity index (χ2v) is 4.38. The van der Waals surface area contributed by atoms with E-state index in [1.807, 2.05) is 30.3 Å². The van der Waals surface area contributed by atoms with Crippen LogP contribution in [0.3, 0.4) is 0 Å². The minimum atomic E-state index is 0.317. The van der Waals surface area contributed by atoms with E-state index in [2.05, 4.69) is 20.7 Å². The van der Waals surface area contributed by atoms with Gasteiger partial charge in [-0.05, 0) is 18.6 Å². The van der Waals surface area contributed by atoms with Crippen molar-refractivity contribution in [3.8, 4) is 5.75 Å². The Balaban J connectivity index is 1.73. The zero-order valence-corrected chi connectivity index (χ0v) is 11.6. The summed E-state index contributed by atoms with van der Waals surface area (Å²) in [5.74, 6) is 6.97. The number of halogens is 1. The van der Waals surface area contributed by atoms with Crippen molar-refractivity contribution < 1.29 is 4.74 Å². The van der Waals surface area contributed by atoms with Crippen molar-refractivity contribution in [1.82, 2.24) is 9.97 Å². The number of benzene rings is 1. The van der Waals surface area contributed by atoms with Crippen molar-refractivity contribution in [2.24, 2.45) is 5.84 Å². The van der Waals surface area contributed by atoms with Crippen molar-refractivity contribution in [2.75, 3.05) is 23.9 Å². The Labute approximate surface area is 122 Å². The van der Waals surface area contributed by atoms with Gasteiger partial charge in [0.2, 0.25) is 5.95 Å². The molecule has 1 heterocycles. The smallest absolute Gasteiger partial charge is 0.239 e. The van der Waals surface area contributed by atoms with E-state index < -0.39 is 0 Å². The van der Waals surface area contributed by atoms with Crippen molar-refractivity contribution in [3.05, 3.63) is 41.6 Å². The van der Waals surface area contributed by atoms with E-state index in [4.69, 9.17) is 22.2 Å². The lowest BCUT2D eigenvalue weighted by Gasteiger charge is -2.09. The molecule has 4 N–H and O–H groups in total. The number of nitrogen functional groups attached to an aromatic ring is 1. The lowest BCUT2D eigenvalue weighted by Crippen LogP contribution is -2.13. The molecule has 0 fully saturated rings. The topological polar surface area (TPSA) is 85.1 Å². The molecule has 0 aliphatic heterocycles. The zero-order valence-electron chi connectivity index (χ0n) is 10.8. The first kappa shape index (κ1) is 14.4. The average molecular weight is 294 g/mol. The van der Waals surface area contributed by atoms with Crippen LogP contribution in [0.5, 0.6) is 5.75 Å². The number of rotatable bonds is 7. The standard InChI is InChI=1S/C13H16ClN5O/c14-11-9-17-13(19-15)18-12(11)16-7-4-8-20-10-5-2-1-3-6-10/h1-3,5-6,9H,4,7-8,15H2,(H2,16,17,18,19). The summed E-state index contributed by atoms with van der Waals surface area (Å²) in [7, 11) is 0. The van der Waals surface area contributed by atoms with Gasteiger partial charge < -0.3 is 10.1 Å². The molecule has 0 amide bonds. The molecule has 1 aromatic carbocycles. The molecule has 106 valence electrons. The molecule has 6 nitrogen and oxygen atoms in total. The second-order valence-electron chi connectivity index (χ2n) is 3.98. The Kier molecular flexibility index (Phi) is 5.40. The molecule has 0 saturated heterocycles. The molecule has 0 bridgehead atoms. The lowest BCUT2D eigenvalue weighted by atomic mass is 10.3. The molecule has 0 spiro atoms. The summed E-state index contributed by atoms with van der Waals surface area (Å²) < 4.78 is 5.58. The van der Waals surface area contributed by atoms with Crippen LogP contribution in [0.15, 0.2) is 36.5 Å². The monoisotopic (exact) mass is 293 g/mol. The van der Waals surface area contributed by atoms with E-state index in [0.717, 1.165) is 12.2 Å². The highest BCUT2D eigenvalue weighted by atomic mass is 35.5. The highest BCUT2D eigenvalue weighted by molar-refractivity contribution is 6.32. The molecule has 7 heteroatoms. The first-order chi connectivity index (χ1) is 9.79. The highest BCUT2D eigenvalue weighted by Gasteiger charge is 2.03. The molecule has 0 radical (unpaired) electrons. The largest absolute Gasteiger partial charge is 0.494 e. The number of nitrogens with two attached hydrogens (primary N) is 1. The van der Waals surface area contributed by atoms with Gasteiger partial charge in [-0.1, -0.05) is 29.8 Å². The number of hydrogen-bond donors (Lipinski definition) is 3. The fraction of sp³-hybridized carbons (Fsp3) is 0.231. The third kappa shape index (κ3) is 4.25. The van der Waals surface area contributed by atoms with Crippen LogP contribution < -0.4 is 21.3 Å². The summed E-state index contributed by atoms with van der Waals surface area (Å²) in [5.41, 5.74) is 2.37. The van der Waals surface area contributed by atoms with Crippen molar-refractivity contribution >= 4 is 23.4 Å². The summed E-state index contributed by atoms with van der Waals surface area (Å²) in [6.45, 7) is 1.30. The van der Waals surface area contributed by atoms with Crippen LogP contribution in [-0.4, -0.2) is 23.1 Å². The van der Waals surface area contributed by atoms with Crippen molar-refractivity contribution in [3.63, 3.8) is 0 Å². The van der Waals surface area contributed by atoms with Gasteiger partial charge in [0.15, 0.2) is 5.82 Å². The summed E-state index contributed by atoms with van der Waals surface area (Å²) >= 11 is 5.97. The van der Waals surface area contributed by atoms with Gasteiger partial charge in [-0.25, -0.2) is 10.8 Å². The van der Waals surface area contributed by atoms with Gasteiger partial charge in [0.25, 0.3) is 0 Å². The van der Waals surface area contributed by atoms with Crippen molar-refractivity contribution in [1.29, 1.82) is 0 Å². The van der Waals surface area contributed by atoms with Crippen molar-refractivity contribution in [2.45, 2.75) is 6.42 Å². The average Bonchev–Trinajstić information content (AvgIpc) is 2.50. The van der Waals surface area contributed by atoms with Gasteiger partial charge in [-0.15, -0.1) is 0 Å². The molecule has 0 unspecified atom stereocenters. The summed E-state index contributed by atoms with van der Waals surface area (Å²) in [4.78, 5) is 8.01. The Hall–Kier alpha value is -2.05. The van der Waals surface area contributed by atoms with Crippen LogP contribution in [0.4, 0.5) is 11.8 Å². The van der Waals surface area contributed by atoms with Crippen LogP contribution >= 0.6 is 11.6 Å². The van der Waals surface area contributed by atoms with Gasteiger partial charge in [0.1, 0.15) is 10.8 Å². The number of ether oxygens (including phenoxy) is 1. The molecule has 0 aliphatic rings. The van der Waals surface area contributed by atoms with E-state index in [1.165, 1.54) is 6.20 Å². The van der Waals surface area contributed by atoms with Crippen LogP contribution in [0.2, 0.25) is 5.02 Å². The van der Waals surface area contributed by atoms with E-state index in [-0.39, 0.29) is 0 Å². The normalized spacial score (nSPS) is 10.1. The van der Waals surface area contributed by atoms with E-state index in [1.54, 1.807) is 0 Å². The number of aromatic nitrogens is 2. The molecule has 1 aromatic heterocycles. The van der Waals surface area contributed by atoms with Gasteiger partial charge in [0, 0.05) is 6.54 Å². The maximum atomic E-state index is 5.97. The molecule has 20 heavy (non-hydrogen) atoms. The number of para-hydroxylation sites is 1. The molecular weight excluding hydrogens is 278 g/mol. The summed E-state index contributed by atoms with van der Waals surface area (Å²) in [5, 5.41) is 3.57. The first-order valence-corrected chi connectivity index (χ1v) is 6.58. The van der Waals surface area contributed by atoms with Gasteiger partial charge in [-0.2, -0.15) is 4.98 Å². The summed E-state index contributed by atoms with van der Waals surface area (Å²) in [6.07, 6.45) is 2.31. The maximum Gasteiger partial charge on any atom is 0.239 e. The molecule has 0 atom stereocenters. The maximum absolute atomic E-state index is 5.97. The van der Waals surface area contributed by atoms with E-state index >= 15 is 0 Å². The lowest BCUT2D eigenvalue weighted by molar-refractivity contribution is 0.315. The number of anilines is 2. The minimum Gasteiger partial charge on any atom is -0.494 e. The Morgan fingerprint density at radius 2 is 2.05 bits per heavy atom. The van der Waals surface area contributed by atoms with Crippen LogP contribution in [0.25, 0.3) is 0 Å². The van der Waals surface area contributed by atoms with Crippen LogP contribution in [0.1, 0.15) is 6.42 Å². The Morgan fingerprint density at radius 1 is 1.25 bits per heavy atom. The highest BCUT2D eigenvalue weighted by Crippen LogP contribution is 2.18. The molecule has 0 saturated carbocycles. The number of nitrogens with zero attached hydrogens (tertiary/aromatic N) is 2. The second kappa shape index (κ2) is 7.52. The number of hydrazine groups is 1. The number of hydrogen-bond acceptors (Lipinski definition) is 6. The summed E-state index contributed by atoms with van der Waals surface area (Å²) in [6, 6.07) is 9.68. The van der Waals surface area contributed by atoms with Crippen LogP contribution in [0, 0.1) is 0 Å². The van der Waals surface area contributed by atoms with Crippen LogP contribution in [-0.2, 0) is 0 Å². The Morgan fingerprint density at radius 3 is 2.80 bits per heavy atom. The SMILES string of the molecule is NNc1ncc(Cl)c(NCCCOc2ccccc2)n1. The molecule has 2 aromatic rings. The molecule has 0 aliphatic carbocycles. The first-order valence-electron chi connectivity index (χ1n) is 6.20. The minimum absolute atomic E-state index is 0.317. The Bertz CT molecular complexity index is 538. The fourth-order valence-corrected chi connectivity index (χ4v) is 1.70. The molecular formula is C13H16ClN5O. The molecule has 2 rings (SSSR count). The van der Waals surface area contributed by atoms with Gasteiger partial charge >= 0.3 is 0 Å². The third-order valence-corrected chi connectivity index (χ3v) is 2.78. The fourth-order valence-electron chi connectivity index (χ4n) is 1.55. The van der Waals surface area contributed by atoms with E-state index in [0.29, 0.717) is 29.9 Å². The predicted molar refractivity (Wildman–Crippen MR) is 79.9 cm³/mol. The van der Waals surface area contributed by atoms with E-state index in [9.17, 15) is 0 Å². The van der Waals surface area contributed by atoms with Gasteiger partial charge in [-0.3, -0.25) is 5.43 Å². The predicted octanol–water partition coefficient (Wildman–Crippen LogP) is 2.30.